The SMILES string of the molecule is Cn1ccc(C(N)C2CC2)c1. The van der Waals surface area contributed by atoms with Gasteiger partial charge in [0.05, 0.1) is 0 Å². The van der Waals surface area contributed by atoms with E-state index in [0.29, 0.717) is 0 Å². The number of rotatable bonds is 2. The maximum Gasteiger partial charge on any atom is 0.0338 e. The van der Waals surface area contributed by atoms with E-state index < -0.39 is 0 Å². The van der Waals surface area contributed by atoms with E-state index in [-0.39, 0.29) is 6.04 Å². The molecule has 2 heteroatoms. The van der Waals surface area contributed by atoms with E-state index in [0.717, 1.165) is 5.92 Å². The highest BCUT2D eigenvalue weighted by atomic mass is 14.9. The predicted octanol–water partition coefficient (Wildman–Crippen LogP) is 1.43. The quantitative estimate of drug-likeness (QED) is 0.679. The van der Waals surface area contributed by atoms with Crippen LogP contribution in [0.5, 0.6) is 0 Å². The highest BCUT2D eigenvalue weighted by Gasteiger charge is 2.29. The fourth-order valence-electron chi connectivity index (χ4n) is 1.45. The molecule has 1 aromatic rings. The molecule has 1 heterocycles. The van der Waals surface area contributed by atoms with Crippen molar-refractivity contribution < 1.29 is 0 Å². The molecule has 1 aromatic heterocycles. The van der Waals surface area contributed by atoms with Gasteiger partial charge in [0.1, 0.15) is 0 Å². The zero-order valence-corrected chi connectivity index (χ0v) is 6.83. The van der Waals surface area contributed by atoms with E-state index in [2.05, 4.69) is 23.0 Å². The zero-order valence-electron chi connectivity index (χ0n) is 6.83. The molecule has 1 unspecified atom stereocenters. The summed E-state index contributed by atoms with van der Waals surface area (Å²) in [5.74, 6) is 0.761. The molecule has 1 fully saturated rings. The molecule has 2 nitrogen and oxygen atoms in total. The normalized spacial score (nSPS) is 20.2. The standard InChI is InChI=1S/C9H14N2/c1-11-5-4-8(6-11)9(10)7-2-3-7/h4-7,9H,2-3,10H2,1H3. The van der Waals surface area contributed by atoms with Gasteiger partial charge in [-0.15, -0.1) is 0 Å². The van der Waals surface area contributed by atoms with Crippen LogP contribution in [0.25, 0.3) is 0 Å². The molecule has 1 aliphatic carbocycles. The molecule has 60 valence electrons. The number of aryl methyl sites for hydroxylation is 1. The maximum atomic E-state index is 6.00. The lowest BCUT2D eigenvalue weighted by atomic mass is 10.1. The minimum Gasteiger partial charge on any atom is -0.357 e. The molecule has 11 heavy (non-hydrogen) atoms. The fraction of sp³-hybridized carbons (Fsp3) is 0.556. The Morgan fingerprint density at radius 1 is 1.64 bits per heavy atom. The third-order valence-electron chi connectivity index (χ3n) is 2.37. The van der Waals surface area contributed by atoms with Crippen LogP contribution < -0.4 is 5.73 Å². The Balaban J connectivity index is 2.14. The molecule has 0 spiro atoms. The molecule has 2 N–H and O–H groups in total. The van der Waals surface area contributed by atoms with E-state index in [9.17, 15) is 0 Å². The molecule has 1 saturated carbocycles. The Morgan fingerprint density at radius 2 is 2.36 bits per heavy atom. The number of hydrogen-bond acceptors (Lipinski definition) is 1. The Bertz CT molecular complexity index is 248. The van der Waals surface area contributed by atoms with Gasteiger partial charge in [0.2, 0.25) is 0 Å². The molecular formula is C9H14N2. The first kappa shape index (κ1) is 6.92. The van der Waals surface area contributed by atoms with Crippen molar-refractivity contribution in [2.24, 2.45) is 18.7 Å². The second-order valence-electron chi connectivity index (χ2n) is 3.47. The van der Waals surface area contributed by atoms with Gasteiger partial charge in [-0.2, -0.15) is 0 Å². The van der Waals surface area contributed by atoms with Gasteiger partial charge < -0.3 is 10.3 Å². The van der Waals surface area contributed by atoms with Crippen molar-refractivity contribution in [3.63, 3.8) is 0 Å². The summed E-state index contributed by atoms with van der Waals surface area (Å²) in [6.07, 6.45) is 6.80. The van der Waals surface area contributed by atoms with Crippen molar-refractivity contribution in [1.82, 2.24) is 4.57 Å². The molecule has 1 atom stereocenters. The molecule has 1 aliphatic rings. The first-order valence-corrected chi connectivity index (χ1v) is 4.15. The van der Waals surface area contributed by atoms with E-state index >= 15 is 0 Å². The van der Waals surface area contributed by atoms with Gasteiger partial charge in [-0.1, -0.05) is 0 Å². The summed E-state index contributed by atoms with van der Waals surface area (Å²) < 4.78 is 2.05. The average molecular weight is 150 g/mol. The smallest absolute Gasteiger partial charge is 0.0338 e. The Morgan fingerprint density at radius 3 is 2.82 bits per heavy atom. The van der Waals surface area contributed by atoms with Crippen molar-refractivity contribution in [3.8, 4) is 0 Å². The predicted molar refractivity (Wildman–Crippen MR) is 45.1 cm³/mol. The number of aromatic nitrogens is 1. The minimum atomic E-state index is 0.288. The molecule has 0 bridgehead atoms. The molecular weight excluding hydrogens is 136 g/mol. The van der Waals surface area contributed by atoms with E-state index in [1.54, 1.807) is 0 Å². The van der Waals surface area contributed by atoms with E-state index in [1.807, 2.05) is 7.05 Å². The largest absolute Gasteiger partial charge is 0.357 e. The molecule has 0 aliphatic heterocycles. The molecule has 0 amide bonds. The number of nitrogens with two attached hydrogens (primary N) is 1. The first-order chi connectivity index (χ1) is 5.27. The fourth-order valence-corrected chi connectivity index (χ4v) is 1.45. The van der Waals surface area contributed by atoms with Crippen LogP contribution in [0.1, 0.15) is 24.4 Å². The van der Waals surface area contributed by atoms with Crippen LogP contribution in [-0.2, 0) is 7.05 Å². The Hall–Kier alpha value is -0.760. The lowest BCUT2D eigenvalue weighted by Crippen LogP contribution is -2.11. The van der Waals surface area contributed by atoms with E-state index in [4.69, 9.17) is 5.73 Å². The van der Waals surface area contributed by atoms with Crippen LogP contribution >= 0.6 is 0 Å². The van der Waals surface area contributed by atoms with Crippen molar-refractivity contribution in [2.75, 3.05) is 0 Å². The first-order valence-electron chi connectivity index (χ1n) is 4.15. The lowest BCUT2D eigenvalue weighted by Gasteiger charge is -2.06. The Labute approximate surface area is 67.0 Å². The Kier molecular flexibility index (Phi) is 1.50. The maximum absolute atomic E-state index is 6.00. The summed E-state index contributed by atoms with van der Waals surface area (Å²) in [5.41, 5.74) is 7.29. The summed E-state index contributed by atoms with van der Waals surface area (Å²) in [6, 6.07) is 2.40. The summed E-state index contributed by atoms with van der Waals surface area (Å²) in [7, 11) is 2.03. The van der Waals surface area contributed by atoms with Gasteiger partial charge >= 0.3 is 0 Å². The van der Waals surface area contributed by atoms with Crippen molar-refractivity contribution in [3.05, 3.63) is 24.0 Å². The van der Waals surface area contributed by atoms with Crippen LogP contribution in [0.3, 0.4) is 0 Å². The van der Waals surface area contributed by atoms with Gasteiger partial charge in [-0.05, 0) is 30.4 Å². The van der Waals surface area contributed by atoms with Crippen LogP contribution in [0.2, 0.25) is 0 Å². The monoisotopic (exact) mass is 150 g/mol. The van der Waals surface area contributed by atoms with Crippen LogP contribution in [0.15, 0.2) is 18.5 Å². The zero-order chi connectivity index (χ0) is 7.84. The number of nitrogens with zero attached hydrogens (tertiary/aromatic N) is 1. The van der Waals surface area contributed by atoms with Crippen molar-refractivity contribution >= 4 is 0 Å². The van der Waals surface area contributed by atoms with E-state index in [1.165, 1.54) is 18.4 Å². The van der Waals surface area contributed by atoms with Crippen LogP contribution in [0.4, 0.5) is 0 Å². The highest BCUT2D eigenvalue weighted by molar-refractivity contribution is 5.17. The topological polar surface area (TPSA) is 30.9 Å². The minimum absolute atomic E-state index is 0.288. The third kappa shape index (κ3) is 1.31. The second-order valence-corrected chi connectivity index (χ2v) is 3.47. The van der Waals surface area contributed by atoms with Gasteiger partial charge in [0.25, 0.3) is 0 Å². The lowest BCUT2D eigenvalue weighted by molar-refractivity contribution is 0.632. The second kappa shape index (κ2) is 2.38. The van der Waals surface area contributed by atoms with Gasteiger partial charge in [-0.25, -0.2) is 0 Å². The van der Waals surface area contributed by atoms with Gasteiger partial charge in [-0.3, -0.25) is 0 Å². The van der Waals surface area contributed by atoms with Crippen molar-refractivity contribution in [2.45, 2.75) is 18.9 Å². The highest BCUT2D eigenvalue weighted by Crippen LogP contribution is 2.39. The molecule has 0 aromatic carbocycles. The van der Waals surface area contributed by atoms with Gasteiger partial charge in [0, 0.05) is 25.5 Å². The summed E-state index contributed by atoms with van der Waals surface area (Å²) in [4.78, 5) is 0. The average Bonchev–Trinajstić information content (AvgIpc) is 2.74. The van der Waals surface area contributed by atoms with Crippen LogP contribution in [-0.4, -0.2) is 4.57 Å². The van der Waals surface area contributed by atoms with Crippen LogP contribution in [0, 0.1) is 5.92 Å². The number of hydrogen-bond donors (Lipinski definition) is 1. The van der Waals surface area contributed by atoms with Gasteiger partial charge in [0.15, 0.2) is 0 Å². The third-order valence-corrected chi connectivity index (χ3v) is 2.37. The summed E-state index contributed by atoms with van der Waals surface area (Å²) in [6.45, 7) is 0. The summed E-state index contributed by atoms with van der Waals surface area (Å²) >= 11 is 0. The molecule has 2 rings (SSSR count). The van der Waals surface area contributed by atoms with Crippen molar-refractivity contribution in [1.29, 1.82) is 0 Å². The molecule has 0 radical (unpaired) electrons. The summed E-state index contributed by atoms with van der Waals surface area (Å²) in [5, 5.41) is 0. The molecule has 0 saturated heterocycles.